The third-order valence-electron chi connectivity index (χ3n) is 15.9. The van der Waals surface area contributed by atoms with Crippen LogP contribution in [0.2, 0.25) is 0 Å². The van der Waals surface area contributed by atoms with Crippen LogP contribution >= 0.6 is 0 Å². The minimum Gasteiger partial charge on any atom is -0.462 e. The molecule has 83 heavy (non-hydrogen) atoms. The lowest BCUT2D eigenvalue weighted by atomic mass is 10.0. The molecule has 0 aliphatic rings. The number of ether oxygens (including phenoxy) is 3. The Labute approximate surface area is 515 Å². The van der Waals surface area contributed by atoms with Gasteiger partial charge in [0.2, 0.25) is 0 Å². The van der Waals surface area contributed by atoms with Gasteiger partial charge in [0.1, 0.15) is 13.2 Å². The van der Waals surface area contributed by atoms with Crippen LogP contribution in [-0.2, 0) is 28.6 Å². The summed E-state index contributed by atoms with van der Waals surface area (Å²) >= 11 is 0. The van der Waals surface area contributed by atoms with Crippen molar-refractivity contribution in [2.75, 3.05) is 13.2 Å². The van der Waals surface area contributed by atoms with Crippen molar-refractivity contribution < 1.29 is 28.6 Å². The molecule has 0 fully saturated rings. The van der Waals surface area contributed by atoms with Crippen LogP contribution in [-0.4, -0.2) is 37.2 Å². The van der Waals surface area contributed by atoms with Gasteiger partial charge >= 0.3 is 17.9 Å². The van der Waals surface area contributed by atoms with Crippen LogP contribution in [0.25, 0.3) is 0 Å². The van der Waals surface area contributed by atoms with Gasteiger partial charge in [0, 0.05) is 19.3 Å². The molecule has 0 heterocycles. The number of hydrogen-bond donors (Lipinski definition) is 0. The fourth-order valence-electron chi connectivity index (χ4n) is 10.5. The molecule has 1 unspecified atom stereocenters. The molecule has 0 aliphatic heterocycles. The molecule has 0 aliphatic carbocycles. The summed E-state index contributed by atoms with van der Waals surface area (Å²) < 4.78 is 17.0. The van der Waals surface area contributed by atoms with Gasteiger partial charge in [-0.3, -0.25) is 14.4 Å². The first kappa shape index (κ1) is 79.6. The van der Waals surface area contributed by atoms with Crippen molar-refractivity contribution in [1.29, 1.82) is 0 Å². The summed E-state index contributed by atoms with van der Waals surface area (Å²) in [6.45, 7) is 6.55. The van der Waals surface area contributed by atoms with Crippen LogP contribution in [0.5, 0.6) is 0 Å². The minimum absolute atomic E-state index is 0.0837. The first-order chi connectivity index (χ1) is 41.0. The molecule has 6 nitrogen and oxygen atoms in total. The van der Waals surface area contributed by atoms with Crippen molar-refractivity contribution in [1.82, 2.24) is 0 Å². The molecule has 0 aromatic rings. The van der Waals surface area contributed by atoms with Gasteiger partial charge < -0.3 is 14.2 Å². The zero-order valence-electron chi connectivity index (χ0n) is 55.2. The van der Waals surface area contributed by atoms with Crippen LogP contribution in [0.15, 0.2) is 85.1 Å². The maximum Gasteiger partial charge on any atom is 0.306 e. The SMILES string of the molecule is CC/C=C\C/C=C\C/C=C\C/C=C\CCCCCCCCC(=O)OCC(COC(=O)CCCCCCCCCCCCCCCCCCCCCCCCCCC)OC(=O)CCCCCCCC/C=C\C/C=C\C/C=C\CCCCCCC. The predicted octanol–water partition coefficient (Wildman–Crippen LogP) is 25.0. The monoisotopic (exact) mass is 1160 g/mol. The molecule has 0 spiro atoms. The summed E-state index contributed by atoms with van der Waals surface area (Å²) in [4.78, 5) is 38.5. The second-order valence-corrected chi connectivity index (χ2v) is 24.1. The molecule has 0 aromatic heterocycles. The molecule has 1 atom stereocenters. The summed E-state index contributed by atoms with van der Waals surface area (Å²) in [6, 6.07) is 0. The highest BCUT2D eigenvalue weighted by Crippen LogP contribution is 2.18. The Hall–Kier alpha value is -3.41. The number of carbonyl (C=O) groups excluding carboxylic acids is 3. The molecule has 480 valence electrons. The highest BCUT2D eigenvalue weighted by atomic mass is 16.6. The second-order valence-electron chi connectivity index (χ2n) is 24.1. The molecule has 0 N–H and O–H groups in total. The average molecular weight is 1160 g/mol. The van der Waals surface area contributed by atoms with Crippen LogP contribution in [0.3, 0.4) is 0 Å². The van der Waals surface area contributed by atoms with Crippen LogP contribution < -0.4 is 0 Å². The molecule has 6 heteroatoms. The van der Waals surface area contributed by atoms with Gasteiger partial charge in [0.25, 0.3) is 0 Å². The van der Waals surface area contributed by atoms with Crippen molar-refractivity contribution in [2.24, 2.45) is 0 Å². The van der Waals surface area contributed by atoms with E-state index in [0.29, 0.717) is 19.3 Å². The summed E-state index contributed by atoms with van der Waals surface area (Å²) in [5.41, 5.74) is 0. The average Bonchev–Trinajstić information content (AvgIpc) is 3.49. The zero-order valence-corrected chi connectivity index (χ0v) is 55.2. The third-order valence-corrected chi connectivity index (χ3v) is 15.9. The Morgan fingerprint density at radius 3 is 0.735 bits per heavy atom. The summed E-state index contributed by atoms with van der Waals surface area (Å²) in [7, 11) is 0. The third kappa shape index (κ3) is 69.3. The molecular formula is C77H136O6. The molecule has 0 saturated heterocycles. The number of unbranched alkanes of at least 4 members (excludes halogenated alkanes) is 41. The minimum atomic E-state index is -0.792. The van der Waals surface area contributed by atoms with E-state index >= 15 is 0 Å². The van der Waals surface area contributed by atoms with E-state index in [1.807, 2.05) is 0 Å². The maximum atomic E-state index is 13.0. The van der Waals surface area contributed by atoms with E-state index in [4.69, 9.17) is 14.2 Å². The maximum absolute atomic E-state index is 13.0. The Bertz CT molecular complexity index is 1570. The van der Waals surface area contributed by atoms with Gasteiger partial charge in [0.15, 0.2) is 6.10 Å². The smallest absolute Gasteiger partial charge is 0.306 e. The van der Waals surface area contributed by atoms with Crippen molar-refractivity contribution in [3.05, 3.63) is 85.1 Å². The second kappa shape index (κ2) is 71.1. The summed E-state index contributed by atoms with van der Waals surface area (Å²) in [5, 5.41) is 0. The molecule has 0 amide bonds. The molecule has 0 radical (unpaired) electrons. The molecular weight excluding hydrogens is 1020 g/mol. The fourth-order valence-corrected chi connectivity index (χ4v) is 10.5. The van der Waals surface area contributed by atoms with Gasteiger partial charge in [0.05, 0.1) is 0 Å². The number of carbonyl (C=O) groups is 3. The Balaban J connectivity index is 4.37. The van der Waals surface area contributed by atoms with Crippen molar-refractivity contribution in [3.63, 3.8) is 0 Å². The highest BCUT2D eigenvalue weighted by molar-refractivity contribution is 5.71. The summed E-state index contributed by atoms with van der Waals surface area (Å²) in [6.07, 6.45) is 94.7. The van der Waals surface area contributed by atoms with E-state index in [9.17, 15) is 14.4 Å². The number of allylic oxidation sites excluding steroid dienone is 14. The number of esters is 3. The molecule has 0 aromatic carbocycles. The molecule has 0 saturated carbocycles. The van der Waals surface area contributed by atoms with Gasteiger partial charge in [-0.2, -0.15) is 0 Å². The van der Waals surface area contributed by atoms with Crippen molar-refractivity contribution in [2.45, 2.75) is 374 Å². The molecule has 0 bridgehead atoms. The standard InChI is InChI=1S/C77H136O6/c1-4-7-10-13-16-19-22-25-28-31-34-36-37-38-39-41-43-46-49-52-55-58-61-64-67-70-76(79)82-73-74(72-81-75(78)69-66-63-60-57-54-51-48-45-42-33-30-27-24-21-18-15-12-9-6-3)83-77(80)71-68-65-62-59-56-53-50-47-44-40-35-32-29-26-23-20-17-14-11-8-5-2/h9,12,18,21,23,26-27,30,32,35,42,44-45,47,74H,4-8,10-11,13-17,19-20,22,24-25,28-29,31,33-34,36-41,43,46,48-73H2,1-3H3/b12-9-,21-18-,26-23-,30-27-,35-32-,45-42-,47-44-. The van der Waals surface area contributed by atoms with Crippen LogP contribution in [0.4, 0.5) is 0 Å². The van der Waals surface area contributed by atoms with Crippen LogP contribution in [0, 0.1) is 0 Å². The lowest BCUT2D eigenvalue weighted by Gasteiger charge is -2.18. The van der Waals surface area contributed by atoms with E-state index in [0.717, 1.165) is 116 Å². The summed E-state index contributed by atoms with van der Waals surface area (Å²) in [5.74, 6) is -0.891. The quantitative estimate of drug-likeness (QED) is 0.0261. The van der Waals surface area contributed by atoms with Gasteiger partial charge in [-0.25, -0.2) is 0 Å². The van der Waals surface area contributed by atoms with E-state index in [-0.39, 0.29) is 31.1 Å². The zero-order chi connectivity index (χ0) is 59.9. The van der Waals surface area contributed by atoms with Gasteiger partial charge in [-0.05, 0) is 96.3 Å². The topological polar surface area (TPSA) is 78.9 Å². The van der Waals surface area contributed by atoms with Gasteiger partial charge in [-0.1, -0.05) is 337 Å². The largest absolute Gasteiger partial charge is 0.462 e. The van der Waals surface area contributed by atoms with Crippen molar-refractivity contribution >= 4 is 17.9 Å². The van der Waals surface area contributed by atoms with Crippen LogP contribution in [0.1, 0.15) is 367 Å². The normalized spacial score (nSPS) is 12.6. The number of rotatable bonds is 66. The molecule has 0 rings (SSSR count). The van der Waals surface area contributed by atoms with E-state index < -0.39 is 6.10 Å². The predicted molar refractivity (Wildman–Crippen MR) is 362 cm³/mol. The fraction of sp³-hybridized carbons (Fsp3) is 0.779. The van der Waals surface area contributed by atoms with E-state index in [2.05, 4.69) is 106 Å². The Morgan fingerprint density at radius 1 is 0.253 bits per heavy atom. The van der Waals surface area contributed by atoms with E-state index in [1.165, 1.54) is 212 Å². The highest BCUT2D eigenvalue weighted by Gasteiger charge is 2.19. The lowest BCUT2D eigenvalue weighted by molar-refractivity contribution is -0.167. The lowest BCUT2D eigenvalue weighted by Crippen LogP contribution is -2.30. The van der Waals surface area contributed by atoms with Crippen molar-refractivity contribution in [3.8, 4) is 0 Å². The Morgan fingerprint density at radius 2 is 0.470 bits per heavy atom. The first-order valence-electron chi connectivity index (χ1n) is 36.1. The number of hydrogen-bond acceptors (Lipinski definition) is 6. The van der Waals surface area contributed by atoms with E-state index in [1.54, 1.807) is 0 Å². The first-order valence-corrected chi connectivity index (χ1v) is 36.1. The Kier molecular flexibility index (Phi) is 68.2. The van der Waals surface area contributed by atoms with Gasteiger partial charge in [-0.15, -0.1) is 0 Å².